The first-order valence-electron chi connectivity index (χ1n) is 7.29. The molecule has 2 saturated heterocycles. The van der Waals surface area contributed by atoms with E-state index in [1.807, 2.05) is 6.07 Å². The van der Waals surface area contributed by atoms with Crippen LogP contribution >= 0.6 is 0 Å². The Hall–Kier alpha value is -1.35. The molecule has 2 aliphatic heterocycles. The van der Waals surface area contributed by atoms with E-state index >= 15 is 0 Å². The van der Waals surface area contributed by atoms with E-state index in [1.54, 1.807) is 0 Å². The van der Waals surface area contributed by atoms with Gasteiger partial charge in [0.05, 0.1) is 5.54 Å². The Morgan fingerprint density at radius 1 is 1.21 bits per heavy atom. The van der Waals surface area contributed by atoms with Crippen molar-refractivity contribution < 1.29 is 4.79 Å². The normalized spacial score (nSPS) is 35.1. The quantitative estimate of drug-likeness (QED) is 0.812. The fourth-order valence-electron chi connectivity index (χ4n) is 3.51. The molecule has 0 unspecified atom stereocenters. The molecule has 3 heteroatoms. The third-order valence-corrected chi connectivity index (χ3v) is 4.57. The van der Waals surface area contributed by atoms with Gasteiger partial charge in [-0.1, -0.05) is 36.8 Å². The molecule has 2 aliphatic rings. The molecule has 0 bridgehead atoms. The fraction of sp³-hybridized carbons (Fsp3) is 0.562. The van der Waals surface area contributed by atoms with Crippen molar-refractivity contribution in [1.82, 2.24) is 10.6 Å². The molecule has 3 rings (SSSR count). The Morgan fingerprint density at radius 3 is 2.79 bits per heavy atom. The van der Waals surface area contributed by atoms with Crippen molar-refractivity contribution in [2.45, 2.75) is 56.7 Å². The van der Waals surface area contributed by atoms with E-state index in [1.165, 1.54) is 5.56 Å². The lowest BCUT2D eigenvalue weighted by Crippen LogP contribution is -2.54. The lowest BCUT2D eigenvalue weighted by atomic mass is 9.85. The predicted octanol–water partition coefficient (Wildman–Crippen LogP) is 2.54. The molecular weight excluding hydrogens is 236 g/mol. The van der Waals surface area contributed by atoms with Crippen LogP contribution in [0.1, 0.15) is 50.6 Å². The van der Waals surface area contributed by atoms with Crippen molar-refractivity contribution >= 4 is 5.91 Å². The highest BCUT2D eigenvalue weighted by atomic mass is 16.1. The van der Waals surface area contributed by atoms with Crippen LogP contribution in [-0.4, -0.2) is 17.5 Å². The van der Waals surface area contributed by atoms with Gasteiger partial charge in [-0.05, 0) is 31.7 Å². The third kappa shape index (κ3) is 2.52. The smallest absolute Gasteiger partial charge is 0.220 e. The first kappa shape index (κ1) is 12.7. The van der Waals surface area contributed by atoms with Crippen molar-refractivity contribution in [2.75, 3.05) is 0 Å². The summed E-state index contributed by atoms with van der Waals surface area (Å²) in [6.45, 7) is 2.19. The molecule has 0 radical (unpaired) electrons. The highest BCUT2D eigenvalue weighted by Crippen LogP contribution is 2.37. The van der Waals surface area contributed by atoms with Crippen LogP contribution < -0.4 is 10.6 Å². The summed E-state index contributed by atoms with van der Waals surface area (Å²) in [4.78, 5) is 11.9. The molecule has 1 aromatic rings. The summed E-state index contributed by atoms with van der Waals surface area (Å²) in [7, 11) is 0. The molecule has 3 atom stereocenters. The zero-order valence-corrected chi connectivity index (χ0v) is 11.5. The number of amides is 1. The van der Waals surface area contributed by atoms with Gasteiger partial charge in [-0.15, -0.1) is 0 Å². The van der Waals surface area contributed by atoms with Crippen LogP contribution in [0.3, 0.4) is 0 Å². The van der Waals surface area contributed by atoms with Crippen molar-refractivity contribution in [3.05, 3.63) is 35.9 Å². The van der Waals surface area contributed by atoms with E-state index in [0.29, 0.717) is 18.5 Å². The minimum atomic E-state index is -0.0992. The number of fused-ring (bicyclic) bond motifs is 1. The first-order valence-corrected chi connectivity index (χ1v) is 7.29. The van der Waals surface area contributed by atoms with Gasteiger partial charge in [0.2, 0.25) is 5.91 Å². The van der Waals surface area contributed by atoms with Gasteiger partial charge in [0, 0.05) is 18.5 Å². The zero-order valence-electron chi connectivity index (χ0n) is 11.5. The van der Waals surface area contributed by atoms with Gasteiger partial charge >= 0.3 is 0 Å². The van der Waals surface area contributed by atoms with Crippen LogP contribution in [0, 0.1) is 0 Å². The summed E-state index contributed by atoms with van der Waals surface area (Å²) in [6.07, 6.45) is 4.96. The van der Waals surface area contributed by atoms with Crippen molar-refractivity contribution in [2.24, 2.45) is 0 Å². The highest BCUT2D eigenvalue weighted by Gasteiger charge is 2.44. The van der Waals surface area contributed by atoms with E-state index in [4.69, 9.17) is 0 Å². The molecule has 1 aromatic carbocycles. The Labute approximate surface area is 114 Å². The molecule has 0 spiro atoms. The van der Waals surface area contributed by atoms with Gasteiger partial charge in [0.15, 0.2) is 0 Å². The molecule has 2 fully saturated rings. The maximum Gasteiger partial charge on any atom is 0.220 e. The second-order valence-electron chi connectivity index (χ2n) is 6.10. The Bertz CT molecular complexity index is 459. The molecule has 3 nitrogen and oxygen atoms in total. The highest BCUT2D eigenvalue weighted by molar-refractivity contribution is 5.77. The Kier molecular flexibility index (Phi) is 3.31. The molecule has 0 aliphatic carbocycles. The molecule has 2 N–H and O–H groups in total. The number of hydrogen-bond acceptors (Lipinski definition) is 2. The van der Waals surface area contributed by atoms with Crippen molar-refractivity contribution in [1.29, 1.82) is 0 Å². The minimum absolute atomic E-state index is 0.0992. The number of hydrogen-bond donors (Lipinski definition) is 2. The largest absolute Gasteiger partial charge is 0.349 e. The number of carbonyl (C=O) groups is 1. The van der Waals surface area contributed by atoms with Gasteiger partial charge in [-0.2, -0.15) is 0 Å². The number of rotatable bonds is 1. The topological polar surface area (TPSA) is 41.1 Å². The van der Waals surface area contributed by atoms with Crippen LogP contribution in [0.15, 0.2) is 30.3 Å². The second kappa shape index (κ2) is 4.97. The van der Waals surface area contributed by atoms with Crippen LogP contribution in [0.5, 0.6) is 0 Å². The molecule has 19 heavy (non-hydrogen) atoms. The van der Waals surface area contributed by atoms with Crippen molar-refractivity contribution in [3.8, 4) is 0 Å². The summed E-state index contributed by atoms with van der Waals surface area (Å²) in [5, 5.41) is 6.98. The van der Waals surface area contributed by atoms with Gasteiger partial charge < -0.3 is 10.6 Å². The summed E-state index contributed by atoms with van der Waals surface area (Å²) in [6, 6.07) is 11.3. The van der Waals surface area contributed by atoms with Crippen LogP contribution in [0.25, 0.3) is 0 Å². The Morgan fingerprint density at radius 2 is 2.00 bits per heavy atom. The van der Waals surface area contributed by atoms with E-state index in [9.17, 15) is 4.79 Å². The number of nitrogens with one attached hydrogen (secondary N) is 2. The van der Waals surface area contributed by atoms with E-state index < -0.39 is 0 Å². The lowest BCUT2D eigenvalue weighted by Gasteiger charge is -2.34. The van der Waals surface area contributed by atoms with E-state index in [-0.39, 0.29) is 11.4 Å². The van der Waals surface area contributed by atoms with Gasteiger partial charge in [-0.25, -0.2) is 0 Å². The molecule has 0 aromatic heterocycles. The number of benzene rings is 1. The zero-order chi connectivity index (χ0) is 13.3. The molecule has 0 saturated carbocycles. The van der Waals surface area contributed by atoms with Gasteiger partial charge in [0.1, 0.15) is 0 Å². The van der Waals surface area contributed by atoms with Crippen molar-refractivity contribution in [3.63, 3.8) is 0 Å². The monoisotopic (exact) mass is 258 g/mol. The average Bonchev–Trinajstić information content (AvgIpc) is 2.70. The van der Waals surface area contributed by atoms with E-state index in [2.05, 4.69) is 41.8 Å². The van der Waals surface area contributed by atoms with Gasteiger partial charge in [0.25, 0.3) is 0 Å². The maximum absolute atomic E-state index is 11.9. The fourth-order valence-corrected chi connectivity index (χ4v) is 3.51. The SMILES string of the molecule is C[C@@]12C[C@H](c3ccccc3)N[C@@H]1CCCCC(=O)N2. The predicted molar refractivity (Wildman–Crippen MR) is 75.7 cm³/mol. The summed E-state index contributed by atoms with van der Waals surface area (Å²) in [5.74, 6) is 0.211. The minimum Gasteiger partial charge on any atom is -0.349 e. The number of carbonyl (C=O) groups excluding carboxylic acids is 1. The lowest BCUT2D eigenvalue weighted by molar-refractivity contribution is -0.123. The molecular formula is C16H22N2O. The average molecular weight is 258 g/mol. The molecule has 2 heterocycles. The third-order valence-electron chi connectivity index (χ3n) is 4.57. The van der Waals surface area contributed by atoms with Crippen LogP contribution in [0.4, 0.5) is 0 Å². The van der Waals surface area contributed by atoms with Gasteiger partial charge in [-0.3, -0.25) is 4.79 Å². The summed E-state index contributed by atoms with van der Waals surface area (Å²) >= 11 is 0. The molecule has 1 amide bonds. The summed E-state index contributed by atoms with van der Waals surface area (Å²) < 4.78 is 0. The van der Waals surface area contributed by atoms with Crippen LogP contribution in [-0.2, 0) is 4.79 Å². The first-order chi connectivity index (χ1) is 9.17. The maximum atomic E-state index is 11.9. The summed E-state index contributed by atoms with van der Waals surface area (Å²) in [5.41, 5.74) is 1.22. The second-order valence-corrected chi connectivity index (χ2v) is 6.10. The Balaban J connectivity index is 1.82. The molecule has 102 valence electrons. The van der Waals surface area contributed by atoms with E-state index in [0.717, 1.165) is 25.7 Å². The van der Waals surface area contributed by atoms with Crippen LogP contribution in [0.2, 0.25) is 0 Å². The standard InChI is InChI=1S/C16H22N2O/c1-16-11-13(12-7-3-2-4-8-12)17-14(16)9-5-6-10-15(19)18-16/h2-4,7-8,13-14,17H,5-6,9-11H2,1H3,(H,18,19)/t13-,14-,16-/m1/s1.